The van der Waals surface area contributed by atoms with Crippen molar-refractivity contribution in [1.82, 2.24) is 5.32 Å². The van der Waals surface area contributed by atoms with E-state index in [9.17, 15) is 4.79 Å². The molecular weight excluding hydrogens is 256 g/mol. The van der Waals surface area contributed by atoms with Crippen LogP contribution in [0.25, 0.3) is 0 Å². The van der Waals surface area contributed by atoms with Crippen molar-refractivity contribution in [2.75, 3.05) is 32.6 Å². The molecule has 2 N–H and O–H groups in total. The summed E-state index contributed by atoms with van der Waals surface area (Å²) in [7, 11) is 3.17. The molecule has 0 radical (unpaired) electrons. The van der Waals surface area contributed by atoms with Gasteiger partial charge in [-0.3, -0.25) is 4.79 Å². The monoisotopic (exact) mass is 278 g/mol. The largest absolute Gasteiger partial charge is 0.493 e. The lowest BCUT2D eigenvalue weighted by molar-refractivity contribution is -0.117. The van der Waals surface area contributed by atoms with Crippen LogP contribution in [-0.4, -0.2) is 33.2 Å². The lowest BCUT2D eigenvalue weighted by atomic mass is 9.96. The van der Waals surface area contributed by atoms with Gasteiger partial charge in [0.2, 0.25) is 5.91 Å². The average Bonchev–Trinajstić information content (AvgIpc) is 2.48. The summed E-state index contributed by atoms with van der Waals surface area (Å²) in [5, 5.41) is 6.23. The van der Waals surface area contributed by atoms with Gasteiger partial charge in [0.15, 0.2) is 11.5 Å². The van der Waals surface area contributed by atoms with Crippen molar-refractivity contribution in [1.29, 1.82) is 0 Å². The van der Waals surface area contributed by atoms with Crippen LogP contribution in [0.5, 0.6) is 11.5 Å². The van der Waals surface area contributed by atoms with Crippen LogP contribution >= 0.6 is 0 Å². The molecule has 0 saturated carbocycles. The fourth-order valence-electron chi connectivity index (χ4n) is 2.49. The van der Waals surface area contributed by atoms with Crippen molar-refractivity contribution in [2.45, 2.75) is 19.3 Å². The highest BCUT2D eigenvalue weighted by molar-refractivity contribution is 5.91. The maximum absolute atomic E-state index is 12.0. The van der Waals surface area contributed by atoms with Gasteiger partial charge in [-0.2, -0.15) is 0 Å². The second kappa shape index (κ2) is 7.14. The van der Waals surface area contributed by atoms with E-state index in [-0.39, 0.29) is 5.91 Å². The molecule has 1 aliphatic rings. The van der Waals surface area contributed by atoms with Crippen LogP contribution < -0.4 is 20.1 Å². The third-order valence-electron chi connectivity index (χ3n) is 3.54. The molecule has 5 nitrogen and oxygen atoms in total. The third kappa shape index (κ3) is 3.87. The Balaban J connectivity index is 1.93. The normalized spacial score (nSPS) is 18.4. The molecule has 1 fully saturated rings. The number of carbonyl (C=O) groups is 1. The Morgan fingerprint density at radius 2 is 2.15 bits per heavy atom. The molecule has 0 spiro atoms. The predicted octanol–water partition coefficient (Wildman–Crippen LogP) is 2.03. The summed E-state index contributed by atoms with van der Waals surface area (Å²) < 4.78 is 10.4. The minimum absolute atomic E-state index is 0.0471. The first-order valence-corrected chi connectivity index (χ1v) is 6.95. The Hall–Kier alpha value is -1.75. The van der Waals surface area contributed by atoms with Gasteiger partial charge in [-0.1, -0.05) is 0 Å². The van der Waals surface area contributed by atoms with Gasteiger partial charge in [0.25, 0.3) is 0 Å². The zero-order chi connectivity index (χ0) is 14.4. The van der Waals surface area contributed by atoms with Crippen LogP contribution in [0.4, 0.5) is 5.69 Å². The fraction of sp³-hybridized carbons (Fsp3) is 0.533. The van der Waals surface area contributed by atoms with E-state index in [4.69, 9.17) is 9.47 Å². The second-order valence-corrected chi connectivity index (χ2v) is 5.03. The van der Waals surface area contributed by atoms with Crippen molar-refractivity contribution in [2.24, 2.45) is 5.92 Å². The molecular formula is C15H22N2O3. The molecule has 20 heavy (non-hydrogen) atoms. The summed E-state index contributed by atoms with van der Waals surface area (Å²) in [5.74, 6) is 1.75. The topological polar surface area (TPSA) is 59.6 Å². The minimum atomic E-state index is 0.0471. The molecule has 1 atom stereocenters. The Morgan fingerprint density at radius 1 is 1.35 bits per heavy atom. The maximum Gasteiger partial charge on any atom is 0.224 e. The smallest absolute Gasteiger partial charge is 0.224 e. The maximum atomic E-state index is 12.0. The van der Waals surface area contributed by atoms with Gasteiger partial charge < -0.3 is 20.1 Å². The van der Waals surface area contributed by atoms with Gasteiger partial charge in [-0.15, -0.1) is 0 Å². The Bertz CT molecular complexity index is 456. The molecule has 1 unspecified atom stereocenters. The van der Waals surface area contributed by atoms with Gasteiger partial charge in [0, 0.05) is 18.2 Å². The molecule has 110 valence electrons. The van der Waals surface area contributed by atoms with E-state index in [1.807, 2.05) is 6.07 Å². The molecule has 1 aromatic rings. The van der Waals surface area contributed by atoms with E-state index >= 15 is 0 Å². The highest BCUT2D eigenvalue weighted by atomic mass is 16.5. The molecule has 1 aliphatic heterocycles. The highest BCUT2D eigenvalue weighted by Gasteiger charge is 2.17. The number of ether oxygens (including phenoxy) is 2. The number of benzene rings is 1. The number of hydrogen-bond donors (Lipinski definition) is 2. The average molecular weight is 278 g/mol. The Kier molecular flexibility index (Phi) is 5.24. The van der Waals surface area contributed by atoms with Gasteiger partial charge in [-0.25, -0.2) is 0 Å². The first-order chi connectivity index (χ1) is 9.72. The van der Waals surface area contributed by atoms with Crippen molar-refractivity contribution >= 4 is 11.6 Å². The second-order valence-electron chi connectivity index (χ2n) is 5.03. The molecule has 0 bridgehead atoms. The molecule has 2 rings (SSSR count). The Labute approximate surface area is 119 Å². The van der Waals surface area contributed by atoms with Crippen molar-refractivity contribution in [3.63, 3.8) is 0 Å². The lowest BCUT2D eigenvalue weighted by Gasteiger charge is -2.22. The third-order valence-corrected chi connectivity index (χ3v) is 3.54. The number of rotatable bonds is 5. The molecule has 1 amide bonds. The molecule has 5 heteroatoms. The standard InChI is InChI=1S/C15H22N2O3/c1-19-13-6-5-12(9-14(13)20-2)17-15(18)8-11-4-3-7-16-10-11/h5-6,9,11,16H,3-4,7-8,10H2,1-2H3,(H,17,18). The van der Waals surface area contributed by atoms with Gasteiger partial charge in [-0.05, 0) is 44.0 Å². The number of methoxy groups -OCH3 is 2. The SMILES string of the molecule is COc1ccc(NC(=O)CC2CCCNC2)cc1OC. The summed E-state index contributed by atoms with van der Waals surface area (Å²) >= 11 is 0. The first kappa shape index (κ1) is 14.7. The number of carbonyl (C=O) groups excluding carboxylic acids is 1. The number of amides is 1. The van der Waals surface area contributed by atoms with Crippen molar-refractivity contribution in [3.05, 3.63) is 18.2 Å². The van der Waals surface area contributed by atoms with Crippen LogP contribution in [0.3, 0.4) is 0 Å². The molecule has 1 heterocycles. The van der Waals surface area contributed by atoms with E-state index in [0.29, 0.717) is 23.8 Å². The highest BCUT2D eigenvalue weighted by Crippen LogP contribution is 2.29. The van der Waals surface area contributed by atoms with Crippen LogP contribution in [0.1, 0.15) is 19.3 Å². The van der Waals surface area contributed by atoms with E-state index in [1.165, 1.54) is 0 Å². The zero-order valence-corrected chi connectivity index (χ0v) is 12.1. The van der Waals surface area contributed by atoms with Crippen LogP contribution in [0, 0.1) is 5.92 Å². The summed E-state index contributed by atoms with van der Waals surface area (Å²) in [6.45, 7) is 1.99. The quantitative estimate of drug-likeness (QED) is 0.865. The summed E-state index contributed by atoms with van der Waals surface area (Å²) in [5.41, 5.74) is 0.733. The molecule has 1 saturated heterocycles. The van der Waals surface area contributed by atoms with Gasteiger partial charge in [0.1, 0.15) is 0 Å². The zero-order valence-electron chi connectivity index (χ0n) is 12.1. The van der Waals surface area contributed by atoms with Crippen LogP contribution in [0.15, 0.2) is 18.2 Å². The Morgan fingerprint density at radius 3 is 2.80 bits per heavy atom. The number of nitrogens with one attached hydrogen (secondary N) is 2. The van der Waals surface area contributed by atoms with Crippen molar-refractivity contribution < 1.29 is 14.3 Å². The minimum Gasteiger partial charge on any atom is -0.493 e. The first-order valence-electron chi connectivity index (χ1n) is 6.95. The van der Waals surface area contributed by atoms with E-state index in [0.717, 1.165) is 31.6 Å². The summed E-state index contributed by atoms with van der Waals surface area (Å²) in [6.07, 6.45) is 2.82. The van der Waals surface area contributed by atoms with Gasteiger partial charge in [0.05, 0.1) is 14.2 Å². The van der Waals surface area contributed by atoms with Crippen molar-refractivity contribution in [3.8, 4) is 11.5 Å². The number of piperidine rings is 1. The summed E-state index contributed by atoms with van der Waals surface area (Å²) in [4.78, 5) is 12.0. The van der Waals surface area contributed by atoms with Crippen LogP contribution in [0.2, 0.25) is 0 Å². The molecule has 1 aromatic carbocycles. The summed E-state index contributed by atoms with van der Waals surface area (Å²) in [6, 6.07) is 5.38. The fourth-order valence-corrected chi connectivity index (χ4v) is 2.49. The van der Waals surface area contributed by atoms with E-state index in [2.05, 4.69) is 10.6 Å². The molecule has 0 aliphatic carbocycles. The molecule has 0 aromatic heterocycles. The number of anilines is 1. The van der Waals surface area contributed by atoms with E-state index in [1.54, 1.807) is 26.4 Å². The predicted molar refractivity (Wildman–Crippen MR) is 78.4 cm³/mol. The van der Waals surface area contributed by atoms with Gasteiger partial charge >= 0.3 is 0 Å². The number of hydrogen-bond acceptors (Lipinski definition) is 4. The lowest BCUT2D eigenvalue weighted by Crippen LogP contribution is -2.32. The van der Waals surface area contributed by atoms with E-state index < -0.39 is 0 Å². The van der Waals surface area contributed by atoms with Crippen LogP contribution in [-0.2, 0) is 4.79 Å².